The molecule has 0 N–H and O–H groups in total. The first-order chi connectivity index (χ1) is 13.3. The van der Waals surface area contributed by atoms with Crippen molar-refractivity contribution in [2.45, 2.75) is 58.7 Å². The van der Waals surface area contributed by atoms with E-state index in [1.165, 1.54) is 0 Å². The lowest BCUT2D eigenvalue weighted by molar-refractivity contribution is -0.187. The molecule has 2 aliphatic heterocycles. The number of hydrogen-bond donors (Lipinski definition) is 0. The van der Waals surface area contributed by atoms with E-state index in [0.29, 0.717) is 58.0 Å². The number of ether oxygens (including phenoxy) is 2. The molecule has 154 valence electrons. The van der Waals surface area contributed by atoms with Crippen molar-refractivity contribution >= 4 is 17.5 Å². The molecule has 0 bridgehead atoms. The van der Waals surface area contributed by atoms with Crippen LogP contribution < -0.4 is 4.90 Å². The molecule has 0 aromatic heterocycles. The first-order valence-corrected chi connectivity index (χ1v) is 10.3. The summed E-state index contributed by atoms with van der Waals surface area (Å²) < 4.78 is 11.5. The van der Waals surface area contributed by atoms with Gasteiger partial charge in [-0.2, -0.15) is 0 Å². The van der Waals surface area contributed by atoms with Crippen LogP contribution >= 0.6 is 0 Å². The molecule has 2 fully saturated rings. The Morgan fingerprint density at radius 2 is 1.82 bits per heavy atom. The summed E-state index contributed by atoms with van der Waals surface area (Å²) in [6, 6.07) is 6.11. The highest BCUT2D eigenvalue weighted by Crippen LogP contribution is 2.33. The van der Waals surface area contributed by atoms with Crippen molar-refractivity contribution in [1.82, 2.24) is 4.90 Å². The molecule has 1 spiro atoms. The van der Waals surface area contributed by atoms with Crippen molar-refractivity contribution in [2.24, 2.45) is 0 Å². The van der Waals surface area contributed by atoms with E-state index in [0.717, 1.165) is 16.8 Å². The van der Waals surface area contributed by atoms with Gasteiger partial charge in [-0.25, -0.2) is 0 Å². The Morgan fingerprint density at radius 1 is 1.18 bits per heavy atom. The number of piperidine rings is 1. The zero-order valence-electron chi connectivity index (χ0n) is 17.5. The third kappa shape index (κ3) is 4.39. The molecule has 6 nitrogen and oxygen atoms in total. The van der Waals surface area contributed by atoms with Crippen LogP contribution in [0.4, 0.5) is 5.69 Å². The first kappa shape index (κ1) is 20.8. The maximum atomic E-state index is 12.8. The molecular formula is C22H32N2O4. The molecule has 0 atom stereocenters. The van der Waals surface area contributed by atoms with Gasteiger partial charge in [0, 0.05) is 51.5 Å². The number of likely N-dealkylation sites (tertiary alicyclic amines) is 1. The fourth-order valence-corrected chi connectivity index (χ4v) is 4.19. The third-order valence-electron chi connectivity index (χ3n) is 5.78. The lowest BCUT2D eigenvalue weighted by Crippen LogP contribution is -2.48. The molecule has 2 heterocycles. The van der Waals surface area contributed by atoms with Gasteiger partial charge in [-0.15, -0.1) is 0 Å². The van der Waals surface area contributed by atoms with Crippen LogP contribution in [-0.4, -0.2) is 55.3 Å². The Bertz CT molecular complexity index is 715. The summed E-state index contributed by atoms with van der Waals surface area (Å²) in [7, 11) is 0. The molecular weight excluding hydrogens is 356 g/mol. The molecule has 2 saturated heterocycles. The van der Waals surface area contributed by atoms with Crippen molar-refractivity contribution in [2.75, 3.05) is 37.7 Å². The fourth-order valence-electron chi connectivity index (χ4n) is 4.19. The average Bonchev–Trinajstić information content (AvgIpc) is 3.11. The van der Waals surface area contributed by atoms with E-state index in [4.69, 9.17) is 9.47 Å². The van der Waals surface area contributed by atoms with Gasteiger partial charge in [0.1, 0.15) is 0 Å². The summed E-state index contributed by atoms with van der Waals surface area (Å²) in [6.07, 6.45) is 1.75. The number of hydrogen-bond acceptors (Lipinski definition) is 4. The highest BCUT2D eigenvalue weighted by molar-refractivity contribution is 5.94. The Morgan fingerprint density at radius 3 is 2.39 bits per heavy atom. The predicted molar refractivity (Wildman–Crippen MR) is 108 cm³/mol. The lowest BCUT2D eigenvalue weighted by atomic mass is 9.97. The zero-order chi connectivity index (χ0) is 20.3. The first-order valence-electron chi connectivity index (χ1n) is 10.3. The quantitative estimate of drug-likeness (QED) is 0.777. The summed E-state index contributed by atoms with van der Waals surface area (Å²) in [5, 5.41) is 0. The smallest absolute Gasteiger partial charge is 0.224 e. The molecule has 1 aromatic rings. The Kier molecular flexibility index (Phi) is 6.40. The summed E-state index contributed by atoms with van der Waals surface area (Å²) in [5.41, 5.74) is 3.14. The number of amides is 2. The molecule has 2 aliphatic rings. The minimum absolute atomic E-state index is 0.0330. The summed E-state index contributed by atoms with van der Waals surface area (Å²) in [6.45, 7) is 10.8. The second kappa shape index (κ2) is 8.62. The van der Waals surface area contributed by atoms with E-state index in [-0.39, 0.29) is 11.8 Å². The normalized spacial score (nSPS) is 18.7. The van der Waals surface area contributed by atoms with Crippen LogP contribution in [0.3, 0.4) is 0 Å². The van der Waals surface area contributed by atoms with Crippen LogP contribution in [-0.2, 0) is 19.1 Å². The van der Waals surface area contributed by atoms with Crippen LogP contribution in [0, 0.1) is 6.92 Å². The van der Waals surface area contributed by atoms with Gasteiger partial charge in [0.05, 0.1) is 13.2 Å². The minimum atomic E-state index is -0.477. The van der Waals surface area contributed by atoms with E-state index in [1.54, 1.807) is 11.8 Å². The molecule has 6 heteroatoms. The zero-order valence-corrected chi connectivity index (χ0v) is 17.5. The van der Waals surface area contributed by atoms with Gasteiger partial charge in [-0.1, -0.05) is 32.0 Å². The van der Waals surface area contributed by atoms with E-state index in [1.807, 2.05) is 24.0 Å². The average molecular weight is 389 g/mol. The monoisotopic (exact) mass is 388 g/mol. The van der Waals surface area contributed by atoms with Crippen molar-refractivity contribution < 1.29 is 19.1 Å². The van der Waals surface area contributed by atoms with Gasteiger partial charge in [0.25, 0.3) is 0 Å². The second-order valence-corrected chi connectivity index (χ2v) is 8.08. The molecule has 1 aromatic carbocycles. The van der Waals surface area contributed by atoms with Crippen LogP contribution in [0.2, 0.25) is 0 Å². The number of anilines is 1. The van der Waals surface area contributed by atoms with Crippen LogP contribution in [0.15, 0.2) is 18.2 Å². The van der Waals surface area contributed by atoms with Gasteiger partial charge in [0.15, 0.2) is 5.79 Å². The Labute approximate surface area is 167 Å². The number of carbonyl (C=O) groups is 2. The van der Waals surface area contributed by atoms with E-state index in [2.05, 4.69) is 19.9 Å². The Balaban J connectivity index is 1.65. The maximum Gasteiger partial charge on any atom is 0.224 e. The van der Waals surface area contributed by atoms with E-state index in [9.17, 15) is 9.59 Å². The SMILES string of the molecule is CC(=O)N(CCC(=O)N1CCC2(CC1)OCCO2)c1c(C)cccc1C(C)C. The van der Waals surface area contributed by atoms with Crippen LogP contribution in [0.5, 0.6) is 0 Å². The molecule has 0 radical (unpaired) electrons. The molecule has 0 unspecified atom stereocenters. The third-order valence-corrected chi connectivity index (χ3v) is 5.78. The van der Waals surface area contributed by atoms with Crippen LogP contribution in [0.1, 0.15) is 57.1 Å². The summed E-state index contributed by atoms with van der Waals surface area (Å²) in [4.78, 5) is 28.8. The van der Waals surface area contributed by atoms with Gasteiger partial charge in [0.2, 0.25) is 11.8 Å². The van der Waals surface area contributed by atoms with Crippen molar-refractivity contribution in [3.05, 3.63) is 29.3 Å². The number of para-hydroxylation sites is 1. The number of benzene rings is 1. The molecule has 0 saturated carbocycles. The predicted octanol–water partition coefficient (Wildman–Crippen LogP) is 3.23. The topological polar surface area (TPSA) is 59.1 Å². The van der Waals surface area contributed by atoms with Gasteiger partial charge in [-0.05, 0) is 24.0 Å². The van der Waals surface area contributed by atoms with Gasteiger partial charge >= 0.3 is 0 Å². The number of rotatable bonds is 5. The Hall–Kier alpha value is -1.92. The summed E-state index contributed by atoms with van der Waals surface area (Å²) >= 11 is 0. The summed E-state index contributed by atoms with van der Waals surface area (Å²) in [5.74, 6) is -0.125. The van der Waals surface area contributed by atoms with Crippen molar-refractivity contribution in [1.29, 1.82) is 0 Å². The lowest BCUT2D eigenvalue weighted by Gasteiger charge is -2.38. The molecule has 28 heavy (non-hydrogen) atoms. The second-order valence-electron chi connectivity index (χ2n) is 8.08. The largest absolute Gasteiger partial charge is 0.347 e. The van der Waals surface area contributed by atoms with Crippen LogP contribution in [0.25, 0.3) is 0 Å². The highest BCUT2D eigenvalue weighted by Gasteiger charge is 2.40. The standard InChI is InChI=1S/C22H32N2O4/c1-16(2)19-7-5-6-17(3)21(19)24(18(4)25)11-8-20(26)23-12-9-22(10-13-23)27-14-15-28-22/h5-7,16H,8-15H2,1-4H3. The van der Waals surface area contributed by atoms with E-state index >= 15 is 0 Å². The maximum absolute atomic E-state index is 12.8. The highest BCUT2D eigenvalue weighted by atomic mass is 16.7. The molecule has 2 amide bonds. The number of aryl methyl sites for hydroxylation is 1. The number of nitrogens with zero attached hydrogens (tertiary/aromatic N) is 2. The number of carbonyl (C=O) groups excluding carboxylic acids is 2. The van der Waals surface area contributed by atoms with E-state index < -0.39 is 5.79 Å². The van der Waals surface area contributed by atoms with Crippen molar-refractivity contribution in [3.63, 3.8) is 0 Å². The van der Waals surface area contributed by atoms with Gasteiger partial charge < -0.3 is 19.3 Å². The molecule has 0 aliphatic carbocycles. The minimum Gasteiger partial charge on any atom is -0.347 e. The molecule has 3 rings (SSSR count). The van der Waals surface area contributed by atoms with Crippen molar-refractivity contribution in [3.8, 4) is 0 Å². The van der Waals surface area contributed by atoms with Gasteiger partial charge in [-0.3, -0.25) is 9.59 Å². The fraction of sp³-hybridized carbons (Fsp3) is 0.636.